The molecule has 0 atom stereocenters. The zero-order valence-corrected chi connectivity index (χ0v) is 25.0. The van der Waals surface area contributed by atoms with Crippen molar-refractivity contribution in [3.63, 3.8) is 0 Å². The molecule has 4 aliphatic heterocycles. The number of rotatable bonds is 6. The highest BCUT2D eigenvalue weighted by molar-refractivity contribution is 6.48. The second kappa shape index (κ2) is 10.9. The van der Waals surface area contributed by atoms with E-state index in [2.05, 4.69) is 10.6 Å². The fourth-order valence-corrected chi connectivity index (χ4v) is 5.93. The van der Waals surface area contributed by atoms with Crippen LogP contribution in [0.5, 0.6) is 0 Å². The molecule has 0 aliphatic carbocycles. The van der Waals surface area contributed by atoms with Crippen LogP contribution in [0.25, 0.3) is 22.3 Å². The smallest absolute Gasteiger partial charge is 0.263 e. The molecule has 0 aromatic heterocycles. The number of halogens is 4. The van der Waals surface area contributed by atoms with E-state index in [1.807, 2.05) is 0 Å². The average molecular weight is 686 g/mol. The third-order valence-electron chi connectivity index (χ3n) is 7.12. The summed E-state index contributed by atoms with van der Waals surface area (Å²) >= 11 is 25.2. The van der Waals surface area contributed by atoms with Gasteiger partial charge in [-0.3, -0.25) is 58.8 Å². The predicted molar refractivity (Wildman–Crippen MR) is 160 cm³/mol. The largest absolute Gasteiger partial charge is 0.289 e. The Kier molecular flexibility index (Phi) is 7.32. The Bertz CT molecular complexity index is 1900. The maximum absolute atomic E-state index is 13.6. The number of carbonyl (C=O) groups is 8. The van der Waals surface area contributed by atoms with Gasteiger partial charge in [-0.15, -0.1) is 0 Å². The van der Waals surface area contributed by atoms with E-state index in [-0.39, 0.29) is 64.6 Å². The van der Waals surface area contributed by atoms with E-state index >= 15 is 0 Å². The summed E-state index contributed by atoms with van der Waals surface area (Å²) in [6.07, 6.45) is 3.78. The van der Waals surface area contributed by atoms with Gasteiger partial charge in [-0.1, -0.05) is 58.5 Å². The maximum atomic E-state index is 13.6. The summed E-state index contributed by atoms with van der Waals surface area (Å²) in [5, 5.41) is 3.72. The van der Waals surface area contributed by atoms with Gasteiger partial charge in [0.1, 0.15) is 6.67 Å². The van der Waals surface area contributed by atoms with Gasteiger partial charge in [0.25, 0.3) is 47.3 Å². The Morgan fingerprint density at radius 1 is 0.511 bits per heavy atom. The summed E-state index contributed by atoms with van der Waals surface area (Å²) in [6, 6.07) is 5.37. The van der Waals surface area contributed by atoms with Crippen molar-refractivity contribution in [3.8, 4) is 0 Å². The van der Waals surface area contributed by atoms with Gasteiger partial charge in [-0.05, 0) is 23.3 Å². The minimum absolute atomic E-state index is 0.0268. The van der Waals surface area contributed by atoms with E-state index in [0.717, 1.165) is 24.3 Å². The fourth-order valence-electron chi connectivity index (χ4n) is 5.09. The second-order valence-corrected chi connectivity index (χ2v) is 11.3. The predicted octanol–water partition coefficient (Wildman–Crippen LogP) is 2.54. The highest BCUT2D eigenvalue weighted by Crippen LogP contribution is 2.42. The summed E-state index contributed by atoms with van der Waals surface area (Å²) in [7, 11) is 0. The normalized spacial score (nSPS) is 18.1. The minimum Gasteiger partial charge on any atom is -0.289 e. The molecule has 12 nitrogen and oxygen atoms in total. The number of benzene rings is 2. The Morgan fingerprint density at radius 2 is 0.889 bits per heavy atom. The number of nitrogens with zero attached hydrogens (tertiary/aromatic N) is 2. The van der Waals surface area contributed by atoms with E-state index in [0.29, 0.717) is 9.80 Å². The second-order valence-electron chi connectivity index (χ2n) is 9.72. The average Bonchev–Trinajstić information content (AvgIpc) is 3.67. The van der Waals surface area contributed by atoms with Crippen molar-refractivity contribution >= 4 is 116 Å². The zero-order chi connectivity index (χ0) is 32.5. The van der Waals surface area contributed by atoms with Crippen molar-refractivity contribution < 1.29 is 38.4 Å². The summed E-state index contributed by atoms with van der Waals surface area (Å²) in [4.78, 5) is 103. The van der Waals surface area contributed by atoms with E-state index in [1.54, 1.807) is 0 Å². The van der Waals surface area contributed by atoms with Crippen LogP contribution in [0, 0.1) is 0 Å². The molecule has 0 bridgehead atoms. The van der Waals surface area contributed by atoms with Crippen molar-refractivity contribution in [3.05, 3.63) is 90.9 Å². The summed E-state index contributed by atoms with van der Waals surface area (Å²) < 4.78 is 0. The molecule has 45 heavy (non-hydrogen) atoms. The molecule has 0 saturated carbocycles. The maximum Gasteiger partial charge on any atom is 0.263 e. The lowest BCUT2D eigenvalue weighted by Crippen LogP contribution is -2.44. The molecule has 0 fully saturated rings. The molecule has 0 radical (unpaired) electrons. The minimum atomic E-state index is -0.988. The molecule has 0 saturated heterocycles. The molecular weight excluding hydrogens is 674 g/mol. The SMILES string of the molecule is O=C1C=C(c2ccc(Cl)c(Cl)c2C2=CC(=O)N(CN3C(=O)C=C(c4c(C5=CC(=O)NC5=O)ccc(Cl)c4Cl)C3=O)C2=O)C(=O)N1. The standard InChI is InChI=1S/C29H12Cl4N4O8/c30-16-3-1-10(12-5-18(38)34-26(12)42)22(24(16)32)14-7-20(40)36(28(14)44)9-37-21(41)8-15(29(37)45)23-11(2-4-17(31)25(23)33)13-6-19(39)35-27(13)43/h1-8H,9H2,(H,34,38,42)(H,35,39,43). The molecule has 16 heteroatoms. The fraction of sp³-hybridized carbons (Fsp3) is 0.0345. The molecule has 4 aliphatic rings. The number of hydrogen-bond acceptors (Lipinski definition) is 8. The monoisotopic (exact) mass is 684 g/mol. The molecule has 0 unspecified atom stereocenters. The summed E-state index contributed by atoms with van der Waals surface area (Å²) in [6.45, 7) is -0.848. The molecule has 8 amide bonds. The van der Waals surface area contributed by atoms with Crippen LogP contribution in [0.4, 0.5) is 0 Å². The van der Waals surface area contributed by atoms with Crippen LogP contribution in [-0.4, -0.2) is 63.7 Å². The lowest BCUT2D eigenvalue weighted by Gasteiger charge is -2.23. The third kappa shape index (κ3) is 4.88. The van der Waals surface area contributed by atoms with Crippen molar-refractivity contribution in [2.45, 2.75) is 0 Å². The van der Waals surface area contributed by atoms with Crippen LogP contribution >= 0.6 is 46.4 Å². The quantitative estimate of drug-likeness (QED) is 0.438. The van der Waals surface area contributed by atoms with Crippen LogP contribution in [0.15, 0.2) is 48.6 Å². The van der Waals surface area contributed by atoms with Crippen molar-refractivity contribution in [2.24, 2.45) is 0 Å². The highest BCUT2D eigenvalue weighted by Gasteiger charge is 2.42. The van der Waals surface area contributed by atoms with Gasteiger partial charge < -0.3 is 0 Å². The Balaban J connectivity index is 1.33. The first-order valence-corrected chi connectivity index (χ1v) is 14.1. The first-order valence-electron chi connectivity index (χ1n) is 12.5. The van der Waals surface area contributed by atoms with Crippen LogP contribution < -0.4 is 10.6 Å². The Labute approximate surface area is 271 Å². The molecular formula is C29H12Cl4N4O8. The van der Waals surface area contributed by atoms with Crippen molar-refractivity contribution in [1.29, 1.82) is 0 Å². The van der Waals surface area contributed by atoms with E-state index in [4.69, 9.17) is 46.4 Å². The van der Waals surface area contributed by atoms with Crippen LogP contribution in [0.1, 0.15) is 22.3 Å². The molecule has 6 rings (SSSR count). The number of carbonyl (C=O) groups excluding carboxylic acids is 8. The molecule has 0 spiro atoms. The topological polar surface area (TPSA) is 167 Å². The van der Waals surface area contributed by atoms with Gasteiger partial charge in [0, 0.05) is 35.4 Å². The van der Waals surface area contributed by atoms with Crippen LogP contribution in [-0.2, 0) is 38.4 Å². The number of imide groups is 4. The third-order valence-corrected chi connectivity index (χ3v) is 8.73. The first kappa shape index (κ1) is 30.2. The van der Waals surface area contributed by atoms with E-state index in [9.17, 15) is 38.4 Å². The van der Waals surface area contributed by atoms with E-state index in [1.165, 1.54) is 24.3 Å². The van der Waals surface area contributed by atoms with Crippen molar-refractivity contribution in [1.82, 2.24) is 20.4 Å². The molecule has 2 aromatic carbocycles. The molecule has 2 N–H and O–H groups in total. The summed E-state index contributed by atoms with van der Waals surface area (Å²) in [5.74, 6) is -6.78. The van der Waals surface area contributed by atoms with Crippen LogP contribution in [0.2, 0.25) is 20.1 Å². The number of hydrogen-bond donors (Lipinski definition) is 2. The van der Waals surface area contributed by atoms with Gasteiger partial charge in [0.15, 0.2) is 0 Å². The van der Waals surface area contributed by atoms with E-state index < -0.39 is 53.9 Å². The zero-order valence-electron chi connectivity index (χ0n) is 22.0. The highest BCUT2D eigenvalue weighted by atomic mass is 35.5. The van der Waals surface area contributed by atoms with Gasteiger partial charge >= 0.3 is 0 Å². The van der Waals surface area contributed by atoms with Crippen LogP contribution in [0.3, 0.4) is 0 Å². The Morgan fingerprint density at radius 3 is 1.22 bits per heavy atom. The molecule has 4 heterocycles. The lowest BCUT2D eigenvalue weighted by atomic mass is 9.94. The number of amides is 8. The van der Waals surface area contributed by atoms with Gasteiger partial charge in [0.2, 0.25) is 0 Å². The van der Waals surface area contributed by atoms with Gasteiger partial charge in [-0.2, -0.15) is 0 Å². The lowest BCUT2D eigenvalue weighted by molar-refractivity contribution is -0.145. The number of nitrogens with one attached hydrogen (secondary N) is 2. The summed E-state index contributed by atoms with van der Waals surface area (Å²) in [5.41, 5.74) is -1.06. The first-order chi connectivity index (χ1) is 21.3. The Hall–Kier alpha value is -4.88. The van der Waals surface area contributed by atoms with Crippen molar-refractivity contribution in [2.75, 3.05) is 6.67 Å². The molecule has 2 aromatic rings. The molecule has 224 valence electrons. The van der Waals surface area contributed by atoms with Gasteiger partial charge in [-0.25, -0.2) is 0 Å². The van der Waals surface area contributed by atoms with Gasteiger partial charge in [0.05, 0.1) is 42.4 Å².